The third-order valence-corrected chi connectivity index (χ3v) is 3.94. The van der Waals surface area contributed by atoms with Crippen LogP contribution in [-0.2, 0) is 11.3 Å². The van der Waals surface area contributed by atoms with E-state index in [9.17, 15) is 4.79 Å². The van der Waals surface area contributed by atoms with Gasteiger partial charge in [-0.05, 0) is 17.7 Å². The first-order chi connectivity index (χ1) is 9.33. The molecular formula is C14H12N2O2S. The summed E-state index contributed by atoms with van der Waals surface area (Å²) >= 11 is 1.44. The van der Waals surface area contributed by atoms with E-state index in [1.165, 1.54) is 11.8 Å². The molecule has 1 aliphatic rings. The second kappa shape index (κ2) is 5.32. The molecule has 1 saturated heterocycles. The molecule has 0 spiro atoms. The van der Waals surface area contributed by atoms with Gasteiger partial charge in [0.05, 0.1) is 12.8 Å². The Morgan fingerprint density at radius 2 is 2.05 bits per heavy atom. The number of carbonyl (C=O) groups excluding carboxylic acids is 1. The lowest BCUT2D eigenvalue weighted by atomic mass is 10.1. The van der Waals surface area contributed by atoms with Gasteiger partial charge in [-0.2, -0.15) is 0 Å². The Balaban J connectivity index is 1.71. The molecule has 1 fully saturated rings. The first-order valence-corrected chi connectivity index (χ1v) is 6.80. The van der Waals surface area contributed by atoms with E-state index in [0.29, 0.717) is 11.7 Å². The number of hydrogen-bond acceptors (Lipinski definition) is 4. The normalized spacial score (nSPS) is 20.7. The molecule has 96 valence electrons. The number of hydrogen-bond donors (Lipinski definition) is 1. The van der Waals surface area contributed by atoms with Crippen LogP contribution < -0.4 is 5.32 Å². The molecule has 19 heavy (non-hydrogen) atoms. The molecule has 0 saturated carbocycles. The van der Waals surface area contributed by atoms with Gasteiger partial charge in [-0.1, -0.05) is 42.1 Å². The molecule has 1 amide bonds. The second-order valence-electron chi connectivity index (χ2n) is 4.10. The highest BCUT2D eigenvalue weighted by molar-refractivity contribution is 8.15. The van der Waals surface area contributed by atoms with Crippen LogP contribution in [0.1, 0.15) is 16.6 Å². The van der Waals surface area contributed by atoms with E-state index in [1.54, 1.807) is 6.26 Å². The molecular weight excluding hydrogens is 260 g/mol. The summed E-state index contributed by atoms with van der Waals surface area (Å²) in [6.45, 7) is 0.442. The zero-order valence-electron chi connectivity index (χ0n) is 10.1. The van der Waals surface area contributed by atoms with E-state index in [2.05, 4.69) is 10.3 Å². The molecule has 2 aromatic rings. The standard InChI is InChI=1S/C14H12N2O2S/c17-13-12(10-5-2-1-3-6-10)19-14(16-13)15-9-11-7-4-8-18-11/h1-8,12H,9H2,(H,15,16,17). The van der Waals surface area contributed by atoms with Crippen molar-refractivity contribution in [1.82, 2.24) is 5.32 Å². The molecule has 1 atom stereocenters. The van der Waals surface area contributed by atoms with Crippen LogP contribution in [0, 0.1) is 0 Å². The molecule has 1 aromatic carbocycles. The Morgan fingerprint density at radius 1 is 1.21 bits per heavy atom. The van der Waals surface area contributed by atoms with Crippen LogP contribution >= 0.6 is 11.8 Å². The predicted octanol–water partition coefficient (Wildman–Crippen LogP) is 2.74. The van der Waals surface area contributed by atoms with Gasteiger partial charge in [0.2, 0.25) is 5.91 Å². The molecule has 0 radical (unpaired) electrons. The molecule has 1 aromatic heterocycles. The summed E-state index contributed by atoms with van der Waals surface area (Å²) in [5.41, 5.74) is 0.994. The summed E-state index contributed by atoms with van der Waals surface area (Å²) in [4.78, 5) is 16.3. The largest absolute Gasteiger partial charge is 0.467 e. The van der Waals surface area contributed by atoms with Crippen molar-refractivity contribution in [3.8, 4) is 0 Å². The SMILES string of the molecule is O=C1NC(=NCc2ccco2)SC1c1ccccc1. The van der Waals surface area contributed by atoms with Gasteiger partial charge in [0.25, 0.3) is 0 Å². The van der Waals surface area contributed by atoms with Crippen molar-refractivity contribution in [2.24, 2.45) is 4.99 Å². The van der Waals surface area contributed by atoms with E-state index in [1.807, 2.05) is 42.5 Å². The topological polar surface area (TPSA) is 54.6 Å². The summed E-state index contributed by atoms with van der Waals surface area (Å²) < 4.78 is 5.20. The Kier molecular flexibility index (Phi) is 3.37. The van der Waals surface area contributed by atoms with Crippen molar-refractivity contribution < 1.29 is 9.21 Å². The van der Waals surface area contributed by atoms with Crippen LogP contribution in [0.2, 0.25) is 0 Å². The molecule has 0 aliphatic carbocycles. The molecule has 5 heteroatoms. The van der Waals surface area contributed by atoms with Gasteiger partial charge in [0.1, 0.15) is 11.0 Å². The molecule has 2 heterocycles. The maximum atomic E-state index is 11.9. The summed E-state index contributed by atoms with van der Waals surface area (Å²) in [6, 6.07) is 13.4. The van der Waals surface area contributed by atoms with Gasteiger partial charge in [0, 0.05) is 0 Å². The first kappa shape index (κ1) is 12.0. The number of carbonyl (C=O) groups is 1. The van der Waals surface area contributed by atoms with Gasteiger partial charge in [0.15, 0.2) is 5.17 Å². The molecule has 1 unspecified atom stereocenters. The summed E-state index contributed by atoms with van der Waals surface area (Å²) in [6.07, 6.45) is 1.61. The van der Waals surface area contributed by atoms with Gasteiger partial charge < -0.3 is 9.73 Å². The lowest BCUT2D eigenvalue weighted by Gasteiger charge is -2.03. The van der Waals surface area contributed by atoms with Crippen molar-refractivity contribution in [3.05, 3.63) is 60.1 Å². The molecule has 0 bridgehead atoms. The van der Waals surface area contributed by atoms with Crippen LogP contribution in [0.15, 0.2) is 58.1 Å². The monoisotopic (exact) mass is 272 g/mol. The molecule has 4 nitrogen and oxygen atoms in total. The number of amidine groups is 1. The van der Waals surface area contributed by atoms with Gasteiger partial charge in [-0.15, -0.1) is 0 Å². The average molecular weight is 272 g/mol. The lowest BCUT2D eigenvalue weighted by Crippen LogP contribution is -2.21. The second-order valence-corrected chi connectivity index (χ2v) is 5.19. The smallest absolute Gasteiger partial charge is 0.244 e. The molecule has 3 rings (SSSR count). The predicted molar refractivity (Wildman–Crippen MR) is 74.8 cm³/mol. The fraction of sp³-hybridized carbons (Fsp3) is 0.143. The van der Waals surface area contributed by atoms with Crippen LogP contribution in [0.3, 0.4) is 0 Å². The number of benzene rings is 1. The van der Waals surface area contributed by atoms with Crippen molar-refractivity contribution in [2.45, 2.75) is 11.8 Å². The average Bonchev–Trinajstić information content (AvgIpc) is 3.07. The van der Waals surface area contributed by atoms with Crippen molar-refractivity contribution in [3.63, 3.8) is 0 Å². The van der Waals surface area contributed by atoms with Gasteiger partial charge in [-0.25, -0.2) is 0 Å². The molecule has 1 aliphatic heterocycles. The number of amides is 1. The van der Waals surface area contributed by atoms with E-state index in [4.69, 9.17) is 4.42 Å². The van der Waals surface area contributed by atoms with E-state index < -0.39 is 0 Å². The van der Waals surface area contributed by atoms with Crippen LogP contribution in [-0.4, -0.2) is 11.1 Å². The van der Waals surface area contributed by atoms with Gasteiger partial charge in [-0.3, -0.25) is 9.79 Å². The van der Waals surface area contributed by atoms with Crippen molar-refractivity contribution >= 4 is 22.8 Å². The zero-order chi connectivity index (χ0) is 13.1. The van der Waals surface area contributed by atoms with Gasteiger partial charge >= 0.3 is 0 Å². The van der Waals surface area contributed by atoms with Crippen LogP contribution in [0.5, 0.6) is 0 Å². The third-order valence-electron chi connectivity index (χ3n) is 2.76. The summed E-state index contributed by atoms with van der Waals surface area (Å²) in [5, 5.41) is 3.23. The fourth-order valence-electron chi connectivity index (χ4n) is 1.84. The quantitative estimate of drug-likeness (QED) is 0.934. The summed E-state index contributed by atoms with van der Waals surface area (Å²) in [7, 11) is 0. The van der Waals surface area contributed by atoms with Crippen LogP contribution in [0.4, 0.5) is 0 Å². The maximum absolute atomic E-state index is 11.9. The number of aliphatic imine (C=N–C) groups is 1. The highest BCUT2D eigenvalue weighted by Crippen LogP contribution is 2.34. The Morgan fingerprint density at radius 3 is 2.79 bits per heavy atom. The van der Waals surface area contributed by atoms with Crippen molar-refractivity contribution in [2.75, 3.05) is 0 Å². The summed E-state index contributed by atoms with van der Waals surface area (Å²) in [5.74, 6) is 0.764. The maximum Gasteiger partial charge on any atom is 0.244 e. The number of nitrogens with one attached hydrogen (secondary N) is 1. The Hall–Kier alpha value is -2.01. The van der Waals surface area contributed by atoms with Crippen molar-refractivity contribution in [1.29, 1.82) is 0 Å². The fourth-order valence-corrected chi connectivity index (χ4v) is 2.82. The lowest BCUT2D eigenvalue weighted by molar-refractivity contribution is -0.118. The van der Waals surface area contributed by atoms with E-state index in [-0.39, 0.29) is 11.2 Å². The third kappa shape index (κ3) is 2.71. The Bertz CT molecular complexity index is 593. The van der Waals surface area contributed by atoms with E-state index >= 15 is 0 Å². The number of rotatable bonds is 3. The first-order valence-electron chi connectivity index (χ1n) is 5.92. The van der Waals surface area contributed by atoms with E-state index in [0.717, 1.165) is 11.3 Å². The van der Waals surface area contributed by atoms with Crippen LogP contribution in [0.25, 0.3) is 0 Å². The Labute approximate surface area is 114 Å². The minimum atomic E-state index is -0.212. The number of furan rings is 1. The minimum Gasteiger partial charge on any atom is -0.467 e. The highest BCUT2D eigenvalue weighted by atomic mass is 32.2. The number of nitrogens with zero attached hydrogens (tertiary/aromatic N) is 1. The zero-order valence-corrected chi connectivity index (χ0v) is 10.9. The highest BCUT2D eigenvalue weighted by Gasteiger charge is 2.31. The molecule has 1 N–H and O–H groups in total. The minimum absolute atomic E-state index is 0.0191. The number of thioether (sulfide) groups is 1.